The van der Waals surface area contributed by atoms with E-state index in [2.05, 4.69) is 10.7 Å². The van der Waals surface area contributed by atoms with Crippen molar-refractivity contribution in [1.29, 1.82) is 0 Å². The van der Waals surface area contributed by atoms with Crippen molar-refractivity contribution in [2.45, 2.75) is 50.5 Å². The monoisotopic (exact) mass is 266 g/mol. The highest BCUT2D eigenvalue weighted by molar-refractivity contribution is 7.09. The molecule has 1 N–H and O–H groups in total. The summed E-state index contributed by atoms with van der Waals surface area (Å²) in [4.78, 5) is 4.82. The first-order chi connectivity index (χ1) is 8.92. The summed E-state index contributed by atoms with van der Waals surface area (Å²) in [6.07, 6.45) is 8.03. The molecule has 100 valence electrons. The van der Waals surface area contributed by atoms with Crippen molar-refractivity contribution < 1.29 is 4.74 Å². The molecule has 1 atom stereocenters. The molecule has 0 radical (unpaired) electrons. The summed E-state index contributed by atoms with van der Waals surface area (Å²) in [5.41, 5.74) is 1.36. The van der Waals surface area contributed by atoms with Crippen molar-refractivity contribution in [2.75, 3.05) is 19.7 Å². The number of morpholine rings is 1. The molecule has 2 fully saturated rings. The molecule has 2 heterocycles. The quantitative estimate of drug-likeness (QED) is 0.910. The Labute approximate surface area is 113 Å². The van der Waals surface area contributed by atoms with E-state index in [1.54, 1.807) is 0 Å². The standard InChI is InChI=1S/C14H22N2OS/c1-2-4-11(3-1)13-10-18-14(16-13)6-5-12-9-15-7-8-17-12/h10-12,15H,1-9H2. The van der Waals surface area contributed by atoms with Gasteiger partial charge < -0.3 is 10.1 Å². The fourth-order valence-corrected chi connectivity index (χ4v) is 3.83. The number of nitrogens with one attached hydrogen (secondary N) is 1. The van der Waals surface area contributed by atoms with Crippen LogP contribution in [-0.2, 0) is 11.2 Å². The van der Waals surface area contributed by atoms with Gasteiger partial charge in [-0.05, 0) is 19.3 Å². The van der Waals surface area contributed by atoms with Crippen LogP contribution in [-0.4, -0.2) is 30.8 Å². The van der Waals surface area contributed by atoms with Crippen molar-refractivity contribution in [3.05, 3.63) is 16.1 Å². The highest BCUT2D eigenvalue weighted by Crippen LogP contribution is 2.34. The molecule has 4 heteroatoms. The molecule has 1 aromatic heterocycles. The van der Waals surface area contributed by atoms with Crippen LogP contribution < -0.4 is 5.32 Å². The molecule has 1 aliphatic carbocycles. The minimum absolute atomic E-state index is 0.387. The normalized spacial score (nSPS) is 25.7. The van der Waals surface area contributed by atoms with Gasteiger partial charge in [-0.1, -0.05) is 12.8 Å². The summed E-state index contributed by atoms with van der Waals surface area (Å²) in [5.74, 6) is 0.752. The predicted molar refractivity (Wildman–Crippen MR) is 74.3 cm³/mol. The Morgan fingerprint density at radius 1 is 1.39 bits per heavy atom. The van der Waals surface area contributed by atoms with Gasteiger partial charge in [0.1, 0.15) is 0 Å². The second-order valence-corrected chi connectivity index (χ2v) is 6.33. The fraction of sp³-hybridized carbons (Fsp3) is 0.786. The summed E-state index contributed by atoms with van der Waals surface area (Å²) in [6, 6.07) is 0. The average molecular weight is 266 g/mol. The van der Waals surface area contributed by atoms with Crippen LogP contribution in [0.5, 0.6) is 0 Å². The van der Waals surface area contributed by atoms with E-state index in [1.807, 2.05) is 11.3 Å². The molecular formula is C14H22N2OS. The highest BCUT2D eigenvalue weighted by Gasteiger charge is 2.20. The molecule has 0 amide bonds. The Morgan fingerprint density at radius 2 is 2.28 bits per heavy atom. The molecule has 3 nitrogen and oxygen atoms in total. The first-order valence-electron chi connectivity index (χ1n) is 7.18. The van der Waals surface area contributed by atoms with Gasteiger partial charge in [0.25, 0.3) is 0 Å². The van der Waals surface area contributed by atoms with Gasteiger partial charge in [-0.2, -0.15) is 0 Å². The zero-order valence-corrected chi connectivity index (χ0v) is 11.7. The maximum atomic E-state index is 5.72. The molecule has 0 aromatic carbocycles. The number of ether oxygens (including phenoxy) is 1. The van der Waals surface area contributed by atoms with Crippen LogP contribution in [0.15, 0.2) is 5.38 Å². The summed E-state index contributed by atoms with van der Waals surface area (Å²) in [6.45, 7) is 2.86. The van der Waals surface area contributed by atoms with E-state index in [0.717, 1.165) is 38.5 Å². The molecule has 3 rings (SSSR count). The molecule has 18 heavy (non-hydrogen) atoms. The number of aryl methyl sites for hydroxylation is 1. The maximum Gasteiger partial charge on any atom is 0.0929 e. The van der Waals surface area contributed by atoms with E-state index in [9.17, 15) is 0 Å². The van der Waals surface area contributed by atoms with Crippen LogP contribution >= 0.6 is 11.3 Å². The number of hydrogen-bond donors (Lipinski definition) is 1. The fourth-order valence-electron chi connectivity index (χ4n) is 2.94. The lowest BCUT2D eigenvalue weighted by atomic mass is 10.1. The maximum absolute atomic E-state index is 5.72. The van der Waals surface area contributed by atoms with Crippen molar-refractivity contribution in [3.8, 4) is 0 Å². The SMILES string of the molecule is c1sc(CCC2CNCCO2)nc1C1CCCC1. The first-order valence-corrected chi connectivity index (χ1v) is 8.06. The van der Waals surface area contributed by atoms with E-state index in [1.165, 1.54) is 36.4 Å². The van der Waals surface area contributed by atoms with Gasteiger partial charge in [0.05, 0.1) is 23.4 Å². The molecule has 1 unspecified atom stereocenters. The minimum Gasteiger partial charge on any atom is -0.376 e. The van der Waals surface area contributed by atoms with Crippen LogP contribution in [0.25, 0.3) is 0 Å². The third kappa shape index (κ3) is 3.11. The van der Waals surface area contributed by atoms with Crippen molar-refractivity contribution in [1.82, 2.24) is 10.3 Å². The molecule has 1 saturated carbocycles. The lowest BCUT2D eigenvalue weighted by Gasteiger charge is -2.23. The summed E-state index contributed by atoms with van der Waals surface area (Å²) < 4.78 is 5.72. The smallest absolute Gasteiger partial charge is 0.0929 e. The minimum atomic E-state index is 0.387. The Balaban J connectivity index is 1.50. The largest absolute Gasteiger partial charge is 0.376 e. The number of rotatable bonds is 4. The Morgan fingerprint density at radius 3 is 3.06 bits per heavy atom. The first kappa shape index (κ1) is 12.6. The van der Waals surface area contributed by atoms with E-state index < -0.39 is 0 Å². The summed E-state index contributed by atoms with van der Waals surface area (Å²) in [5, 5.41) is 6.96. The number of hydrogen-bond acceptors (Lipinski definition) is 4. The third-order valence-electron chi connectivity index (χ3n) is 4.03. The van der Waals surface area contributed by atoms with Crippen molar-refractivity contribution in [2.24, 2.45) is 0 Å². The van der Waals surface area contributed by atoms with Gasteiger partial charge in [-0.15, -0.1) is 11.3 Å². The van der Waals surface area contributed by atoms with Crippen LogP contribution in [0.4, 0.5) is 0 Å². The van der Waals surface area contributed by atoms with Gasteiger partial charge in [0.15, 0.2) is 0 Å². The lowest BCUT2D eigenvalue weighted by Crippen LogP contribution is -2.38. The van der Waals surface area contributed by atoms with Crippen LogP contribution in [0, 0.1) is 0 Å². The Hall–Kier alpha value is -0.450. The third-order valence-corrected chi connectivity index (χ3v) is 4.95. The molecular weight excluding hydrogens is 244 g/mol. The van der Waals surface area contributed by atoms with Gasteiger partial charge in [0, 0.05) is 30.8 Å². The zero-order valence-electron chi connectivity index (χ0n) is 10.9. The van der Waals surface area contributed by atoms with Gasteiger partial charge in [-0.25, -0.2) is 4.98 Å². The lowest BCUT2D eigenvalue weighted by molar-refractivity contribution is 0.0238. The Kier molecular flexibility index (Phi) is 4.28. The van der Waals surface area contributed by atoms with E-state index >= 15 is 0 Å². The van der Waals surface area contributed by atoms with Gasteiger partial charge in [0.2, 0.25) is 0 Å². The highest BCUT2D eigenvalue weighted by atomic mass is 32.1. The average Bonchev–Trinajstić information content (AvgIpc) is 3.08. The molecule has 1 saturated heterocycles. The molecule has 1 aromatic rings. The van der Waals surface area contributed by atoms with Crippen LogP contribution in [0.2, 0.25) is 0 Å². The van der Waals surface area contributed by atoms with Crippen molar-refractivity contribution in [3.63, 3.8) is 0 Å². The Bertz CT molecular complexity index is 368. The van der Waals surface area contributed by atoms with E-state index in [4.69, 9.17) is 9.72 Å². The number of aromatic nitrogens is 1. The molecule has 0 bridgehead atoms. The predicted octanol–water partition coefficient (Wildman–Crippen LogP) is 2.72. The molecule has 1 aliphatic heterocycles. The van der Waals surface area contributed by atoms with Crippen LogP contribution in [0.3, 0.4) is 0 Å². The molecule has 2 aliphatic rings. The van der Waals surface area contributed by atoms with E-state index in [0.29, 0.717) is 6.10 Å². The zero-order chi connectivity index (χ0) is 12.2. The van der Waals surface area contributed by atoms with E-state index in [-0.39, 0.29) is 0 Å². The molecule has 0 spiro atoms. The van der Waals surface area contributed by atoms with Gasteiger partial charge in [-0.3, -0.25) is 0 Å². The van der Waals surface area contributed by atoms with Crippen molar-refractivity contribution >= 4 is 11.3 Å². The second kappa shape index (κ2) is 6.13. The van der Waals surface area contributed by atoms with Crippen LogP contribution in [0.1, 0.15) is 48.7 Å². The number of nitrogens with zero attached hydrogens (tertiary/aromatic N) is 1. The van der Waals surface area contributed by atoms with Gasteiger partial charge >= 0.3 is 0 Å². The second-order valence-electron chi connectivity index (χ2n) is 5.38. The summed E-state index contributed by atoms with van der Waals surface area (Å²) >= 11 is 1.84. The number of thiazole rings is 1. The topological polar surface area (TPSA) is 34.1 Å². The summed E-state index contributed by atoms with van der Waals surface area (Å²) in [7, 11) is 0.